The quantitative estimate of drug-likeness (QED) is 0.784. The second-order valence-electron chi connectivity index (χ2n) is 8.44. The predicted octanol–water partition coefficient (Wildman–Crippen LogP) is 3.02. The van der Waals surface area contributed by atoms with Crippen LogP contribution in [0.3, 0.4) is 0 Å². The molecule has 0 saturated carbocycles. The summed E-state index contributed by atoms with van der Waals surface area (Å²) in [4.78, 5) is 14.6. The van der Waals surface area contributed by atoms with Gasteiger partial charge in [-0.05, 0) is 42.9 Å². The lowest BCUT2D eigenvalue weighted by Crippen LogP contribution is -2.41. The van der Waals surface area contributed by atoms with E-state index in [0.29, 0.717) is 11.8 Å². The summed E-state index contributed by atoms with van der Waals surface area (Å²) < 4.78 is 8.20. The molecule has 1 fully saturated rings. The first-order valence-corrected chi connectivity index (χ1v) is 10.7. The van der Waals surface area contributed by atoms with Crippen molar-refractivity contribution in [2.24, 2.45) is 0 Å². The van der Waals surface area contributed by atoms with Gasteiger partial charge in [0.25, 0.3) is 5.91 Å². The minimum atomic E-state index is 0. The Morgan fingerprint density at radius 2 is 2.00 bits per heavy atom. The van der Waals surface area contributed by atoms with Crippen LogP contribution >= 0.6 is 12.4 Å². The number of hydrogen-bond donors (Lipinski definition) is 1. The number of aryl methyl sites for hydroxylation is 1. The molecule has 164 valence electrons. The number of halogens is 1. The third kappa shape index (κ3) is 4.78. The maximum Gasteiger partial charge on any atom is 0.260 e. The van der Waals surface area contributed by atoms with Gasteiger partial charge < -0.3 is 19.5 Å². The van der Waals surface area contributed by atoms with Gasteiger partial charge in [0, 0.05) is 32.1 Å². The smallest absolute Gasteiger partial charge is 0.260 e. The van der Waals surface area contributed by atoms with E-state index >= 15 is 0 Å². The summed E-state index contributed by atoms with van der Waals surface area (Å²) in [7, 11) is 0. The Labute approximate surface area is 184 Å². The van der Waals surface area contributed by atoms with Crippen molar-refractivity contribution < 1.29 is 9.53 Å². The topological polar surface area (TPSA) is 72.3 Å². The molecule has 2 aliphatic rings. The van der Waals surface area contributed by atoms with Crippen LogP contribution in [0.1, 0.15) is 61.3 Å². The number of hydrogen-bond acceptors (Lipinski definition) is 5. The van der Waals surface area contributed by atoms with E-state index in [4.69, 9.17) is 4.74 Å². The minimum absolute atomic E-state index is 0. The highest BCUT2D eigenvalue weighted by molar-refractivity contribution is 5.85. The molecule has 0 atom stereocenters. The second-order valence-corrected chi connectivity index (χ2v) is 8.44. The van der Waals surface area contributed by atoms with Crippen molar-refractivity contribution >= 4 is 18.3 Å². The third-order valence-corrected chi connectivity index (χ3v) is 6.01. The highest BCUT2D eigenvalue weighted by atomic mass is 35.5. The number of piperidine rings is 1. The third-order valence-electron chi connectivity index (χ3n) is 6.01. The second kappa shape index (κ2) is 9.79. The molecule has 1 aromatic heterocycles. The van der Waals surface area contributed by atoms with Gasteiger partial charge in [-0.15, -0.1) is 22.6 Å². The van der Waals surface area contributed by atoms with E-state index in [1.54, 1.807) is 0 Å². The van der Waals surface area contributed by atoms with Crippen molar-refractivity contribution in [3.05, 3.63) is 41.0 Å². The summed E-state index contributed by atoms with van der Waals surface area (Å²) in [5.41, 5.74) is 2.29. The Bertz CT molecular complexity index is 874. The van der Waals surface area contributed by atoms with E-state index in [2.05, 4.69) is 46.1 Å². The van der Waals surface area contributed by atoms with E-state index in [-0.39, 0.29) is 24.9 Å². The first-order chi connectivity index (χ1) is 14.0. The van der Waals surface area contributed by atoms with Gasteiger partial charge >= 0.3 is 0 Å². The predicted molar refractivity (Wildman–Crippen MR) is 118 cm³/mol. The lowest BCUT2D eigenvalue weighted by Gasteiger charge is -2.32. The van der Waals surface area contributed by atoms with Gasteiger partial charge in [0.15, 0.2) is 6.61 Å². The maximum atomic E-state index is 12.7. The molecule has 1 amide bonds. The van der Waals surface area contributed by atoms with Crippen LogP contribution in [0.2, 0.25) is 0 Å². The molecule has 2 aliphatic heterocycles. The molecule has 1 aromatic carbocycles. The lowest BCUT2D eigenvalue weighted by molar-refractivity contribution is -0.134. The number of nitrogens with zero attached hydrogens (tertiary/aromatic N) is 4. The van der Waals surface area contributed by atoms with Crippen LogP contribution in [0.15, 0.2) is 18.2 Å². The SMILES string of the molecule is Cc1ccc(C(C)C)c(OCC(=O)N2CCC(c3nnc4n3CCNC4)CC2)c1.Cl. The largest absolute Gasteiger partial charge is 0.483 e. The lowest BCUT2D eigenvalue weighted by atomic mass is 9.95. The molecule has 3 heterocycles. The van der Waals surface area contributed by atoms with Crippen LogP contribution in [0.5, 0.6) is 5.75 Å². The number of carbonyl (C=O) groups is 1. The molecule has 0 aliphatic carbocycles. The standard InChI is InChI=1S/C22H31N5O2.ClH/c1-15(2)18-5-4-16(3)12-19(18)29-14-21(28)26-9-6-17(7-10-26)22-25-24-20-13-23-8-11-27(20)22;/h4-5,12,15,17,23H,6-11,13-14H2,1-3H3;1H. The zero-order chi connectivity index (χ0) is 20.4. The van der Waals surface area contributed by atoms with Gasteiger partial charge in [-0.25, -0.2) is 0 Å². The summed E-state index contributed by atoms with van der Waals surface area (Å²) in [5.74, 6) is 3.74. The Kier molecular flexibility index (Phi) is 7.36. The number of fused-ring (bicyclic) bond motifs is 1. The van der Waals surface area contributed by atoms with Gasteiger partial charge in [-0.3, -0.25) is 4.79 Å². The minimum Gasteiger partial charge on any atom is -0.483 e. The Balaban J connectivity index is 0.00000256. The Hall–Kier alpha value is -2.12. The zero-order valence-corrected chi connectivity index (χ0v) is 18.9. The fourth-order valence-electron chi connectivity index (χ4n) is 4.28. The van der Waals surface area contributed by atoms with Crippen LogP contribution < -0.4 is 10.1 Å². The molecule has 7 nitrogen and oxygen atoms in total. The molecule has 8 heteroatoms. The molecule has 0 spiro atoms. The number of rotatable bonds is 5. The van der Waals surface area contributed by atoms with Gasteiger partial charge in [-0.2, -0.15) is 0 Å². The number of nitrogens with one attached hydrogen (secondary N) is 1. The van der Waals surface area contributed by atoms with Crippen molar-refractivity contribution in [1.29, 1.82) is 0 Å². The first-order valence-electron chi connectivity index (χ1n) is 10.7. The number of benzene rings is 1. The number of likely N-dealkylation sites (tertiary alicyclic amines) is 1. The van der Waals surface area contributed by atoms with Crippen molar-refractivity contribution in [1.82, 2.24) is 25.0 Å². The van der Waals surface area contributed by atoms with Crippen molar-refractivity contribution in [2.75, 3.05) is 26.2 Å². The maximum absolute atomic E-state index is 12.7. The molecule has 0 unspecified atom stereocenters. The van der Waals surface area contributed by atoms with Crippen molar-refractivity contribution in [2.45, 2.75) is 58.5 Å². The molecule has 1 saturated heterocycles. The fraction of sp³-hybridized carbons (Fsp3) is 0.591. The Morgan fingerprint density at radius 1 is 1.23 bits per heavy atom. The fourth-order valence-corrected chi connectivity index (χ4v) is 4.28. The molecular formula is C22H32ClN5O2. The van der Waals surface area contributed by atoms with Crippen LogP contribution in [-0.2, 0) is 17.9 Å². The first kappa shape index (κ1) is 22.6. The number of aromatic nitrogens is 3. The summed E-state index contributed by atoms with van der Waals surface area (Å²) in [6.07, 6.45) is 1.86. The van der Waals surface area contributed by atoms with Crippen LogP contribution in [0.25, 0.3) is 0 Å². The highest BCUT2D eigenvalue weighted by Crippen LogP contribution is 2.29. The molecular weight excluding hydrogens is 402 g/mol. The molecule has 30 heavy (non-hydrogen) atoms. The van der Waals surface area contributed by atoms with E-state index in [9.17, 15) is 4.79 Å². The number of carbonyl (C=O) groups excluding carboxylic acids is 1. The van der Waals surface area contributed by atoms with Crippen LogP contribution in [-0.4, -0.2) is 51.8 Å². The van der Waals surface area contributed by atoms with E-state index in [0.717, 1.165) is 74.1 Å². The molecule has 0 radical (unpaired) electrons. The molecule has 1 N–H and O–H groups in total. The van der Waals surface area contributed by atoms with E-state index in [1.165, 1.54) is 0 Å². The van der Waals surface area contributed by atoms with Gasteiger partial charge in [-0.1, -0.05) is 26.0 Å². The van der Waals surface area contributed by atoms with Crippen LogP contribution in [0, 0.1) is 6.92 Å². The molecule has 2 aromatic rings. The summed E-state index contributed by atoms with van der Waals surface area (Å²) >= 11 is 0. The monoisotopic (exact) mass is 433 g/mol. The number of amides is 1. The van der Waals surface area contributed by atoms with E-state index in [1.807, 2.05) is 17.9 Å². The highest BCUT2D eigenvalue weighted by Gasteiger charge is 2.29. The molecule has 4 rings (SSSR count). The Morgan fingerprint density at radius 3 is 2.73 bits per heavy atom. The van der Waals surface area contributed by atoms with Crippen molar-refractivity contribution in [3.8, 4) is 5.75 Å². The van der Waals surface area contributed by atoms with Gasteiger partial charge in [0.05, 0.1) is 6.54 Å². The molecule has 0 bridgehead atoms. The summed E-state index contributed by atoms with van der Waals surface area (Å²) in [6.45, 7) is 10.6. The summed E-state index contributed by atoms with van der Waals surface area (Å²) in [6, 6.07) is 6.21. The summed E-state index contributed by atoms with van der Waals surface area (Å²) in [5, 5.41) is 12.1. The average Bonchev–Trinajstić information content (AvgIpc) is 3.16. The van der Waals surface area contributed by atoms with E-state index < -0.39 is 0 Å². The zero-order valence-electron chi connectivity index (χ0n) is 18.1. The normalized spacial score (nSPS) is 16.9. The van der Waals surface area contributed by atoms with Crippen molar-refractivity contribution in [3.63, 3.8) is 0 Å². The van der Waals surface area contributed by atoms with Crippen LogP contribution in [0.4, 0.5) is 0 Å². The number of ether oxygens (including phenoxy) is 1. The van der Waals surface area contributed by atoms with Gasteiger partial charge in [0.2, 0.25) is 0 Å². The average molecular weight is 434 g/mol. The van der Waals surface area contributed by atoms with Gasteiger partial charge in [0.1, 0.15) is 17.4 Å².